The maximum atomic E-state index is 13.2. The molecule has 1 atom stereocenters. The molecule has 0 aliphatic carbocycles. The van der Waals surface area contributed by atoms with Gasteiger partial charge in [0.15, 0.2) is 0 Å². The first kappa shape index (κ1) is 21.2. The molecule has 1 saturated heterocycles. The lowest BCUT2D eigenvalue weighted by molar-refractivity contribution is -0.137. The highest BCUT2D eigenvalue weighted by molar-refractivity contribution is 6.10. The number of hydrogen-bond acceptors (Lipinski definition) is 4. The van der Waals surface area contributed by atoms with Crippen LogP contribution >= 0.6 is 0 Å². The molecular weight excluding hydrogens is 409 g/mol. The number of benzene rings is 2. The summed E-state index contributed by atoms with van der Waals surface area (Å²) in [6.45, 7) is 4.99. The molecule has 9 heteroatoms. The molecule has 2 aromatic carbocycles. The van der Waals surface area contributed by atoms with Gasteiger partial charge in [-0.2, -0.15) is 13.2 Å². The Labute approximate surface area is 177 Å². The minimum Gasteiger partial charge on any atom is -0.380 e. The van der Waals surface area contributed by atoms with Gasteiger partial charge in [-0.05, 0) is 62.7 Å². The molecule has 4 N–H and O–H groups in total. The average molecular weight is 432 g/mol. The predicted molar refractivity (Wildman–Crippen MR) is 112 cm³/mol. The molecule has 164 valence electrons. The summed E-state index contributed by atoms with van der Waals surface area (Å²) < 4.78 is 39.6. The van der Waals surface area contributed by atoms with E-state index < -0.39 is 23.1 Å². The van der Waals surface area contributed by atoms with Crippen LogP contribution in [0.5, 0.6) is 0 Å². The second-order valence-corrected chi connectivity index (χ2v) is 8.39. The Bertz CT molecular complexity index is 1040. The zero-order chi connectivity index (χ0) is 22.4. The first-order valence-corrected chi connectivity index (χ1v) is 10.0. The molecule has 2 amide bonds. The number of fused-ring (bicyclic) bond motifs is 1. The van der Waals surface area contributed by atoms with Gasteiger partial charge in [-0.1, -0.05) is 6.07 Å². The zero-order valence-corrected chi connectivity index (χ0v) is 17.1. The van der Waals surface area contributed by atoms with Crippen LogP contribution < -0.4 is 21.3 Å². The van der Waals surface area contributed by atoms with Crippen molar-refractivity contribution in [1.82, 2.24) is 5.32 Å². The molecule has 2 aromatic rings. The third-order valence-electron chi connectivity index (χ3n) is 5.78. The quantitative estimate of drug-likeness (QED) is 0.590. The van der Waals surface area contributed by atoms with Crippen LogP contribution in [0.1, 0.15) is 41.8 Å². The summed E-state index contributed by atoms with van der Waals surface area (Å²) >= 11 is 0. The highest BCUT2D eigenvalue weighted by atomic mass is 19.4. The van der Waals surface area contributed by atoms with Gasteiger partial charge in [0.05, 0.1) is 16.5 Å². The minimum absolute atomic E-state index is 0.0625. The number of carbonyl (C=O) groups is 2. The van der Waals surface area contributed by atoms with Gasteiger partial charge in [0.2, 0.25) is 5.91 Å². The average Bonchev–Trinajstić information content (AvgIpc) is 3.27. The van der Waals surface area contributed by atoms with E-state index in [2.05, 4.69) is 21.3 Å². The highest BCUT2D eigenvalue weighted by Gasteiger charge is 2.38. The lowest BCUT2D eigenvalue weighted by atomic mass is 9.86. The van der Waals surface area contributed by atoms with Crippen LogP contribution in [-0.2, 0) is 16.4 Å². The number of rotatable bonds is 4. The van der Waals surface area contributed by atoms with Crippen molar-refractivity contribution >= 4 is 28.9 Å². The van der Waals surface area contributed by atoms with E-state index in [9.17, 15) is 22.8 Å². The van der Waals surface area contributed by atoms with Crippen LogP contribution in [-0.4, -0.2) is 30.9 Å². The van der Waals surface area contributed by atoms with Gasteiger partial charge in [-0.3, -0.25) is 9.59 Å². The van der Waals surface area contributed by atoms with E-state index in [1.807, 2.05) is 13.8 Å². The van der Waals surface area contributed by atoms with Gasteiger partial charge in [0.1, 0.15) is 0 Å². The van der Waals surface area contributed by atoms with Gasteiger partial charge in [-0.15, -0.1) is 0 Å². The monoisotopic (exact) mass is 432 g/mol. The lowest BCUT2D eigenvalue weighted by Gasteiger charge is -2.19. The predicted octanol–water partition coefficient (Wildman–Crippen LogP) is 3.96. The van der Waals surface area contributed by atoms with Gasteiger partial charge < -0.3 is 21.3 Å². The molecule has 6 nitrogen and oxygen atoms in total. The maximum absolute atomic E-state index is 13.2. The van der Waals surface area contributed by atoms with Crippen LogP contribution in [0.4, 0.5) is 30.2 Å². The van der Waals surface area contributed by atoms with E-state index in [0.717, 1.165) is 30.7 Å². The number of carbonyl (C=O) groups excluding carboxylic acids is 2. The smallest absolute Gasteiger partial charge is 0.380 e. The van der Waals surface area contributed by atoms with Gasteiger partial charge in [0.25, 0.3) is 5.91 Å². The number of halogens is 3. The van der Waals surface area contributed by atoms with Crippen molar-refractivity contribution in [2.75, 3.05) is 29.0 Å². The van der Waals surface area contributed by atoms with Crippen LogP contribution in [0.25, 0.3) is 0 Å². The standard InChI is InChI=1S/C22H23F3N4O2/c1-21(2)16-6-4-13(10-18(16)29-20(21)31)28-19(30)15-5-3-12(22(23,24)25)9-17(15)27-14-7-8-26-11-14/h3-6,9-10,14,26-27H,7-8,11H2,1-2H3,(H,28,30)(H,29,31)/t14-/m1/s1. The summed E-state index contributed by atoms with van der Waals surface area (Å²) in [4.78, 5) is 25.1. The van der Waals surface area contributed by atoms with E-state index in [4.69, 9.17) is 0 Å². The summed E-state index contributed by atoms with van der Waals surface area (Å²) in [5.74, 6) is -0.670. The molecule has 0 bridgehead atoms. The molecule has 0 unspecified atom stereocenters. The summed E-state index contributed by atoms with van der Waals surface area (Å²) in [5, 5.41) is 11.7. The summed E-state index contributed by atoms with van der Waals surface area (Å²) in [6.07, 6.45) is -3.76. The number of nitrogens with one attached hydrogen (secondary N) is 4. The molecule has 0 aromatic heterocycles. The Balaban J connectivity index is 1.61. The molecule has 0 radical (unpaired) electrons. The SMILES string of the molecule is CC1(C)C(=O)Nc2cc(NC(=O)c3ccc(C(F)(F)F)cc3N[C@@H]3CCNC3)ccc21. The normalized spacial score (nSPS) is 19.6. The number of amides is 2. The lowest BCUT2D eigenvalue weighted by Crippen LogP contribution is -2.26. The Hall–Kier alpha value is -3.07. The largest absolute Gasteiger partial charge is 0.416 e. The van der Waals surface area contributed by atoms with E-state index in [-0.39, 0.29) is 23.2 Å². The second kappa shape index (κ2) is 7.56. The first-order valence-electron chi connectivity index (χ1n) is 10.0. The summed E-state index contributed by atoms with van der Waals surface area (Å²) in [7, 11) is 0. The second-order valence-electron chi connectivity index (χ2n) is 8.39. The fourth-order valence-corrected chi connectivity index (χ4v) is 3.91. The Morgan fingerprint density at radius 1 is 1.16 bits per heavy atom. The van der Waals surface area contributed by atoms with Crippen LogP contribution in [0, 0.1) is 0 Å². The summed E-state index contributed by atoms with van der Waals surface area (Å²) in [5.41, 5.74) is 0.630. The van der Waals surface area contributed by atoms with Crippen molar-refractivity contribution in [2.45, 2.75) is 37.9 Å². The van der Waals surface area contributed by atoms with Gasteiger partial charge in [0, 0.05) is 29.6 Å². The molecule has 31 heavy (non-hydrogen) atoms. The van der Waals surface area contributed by atoms with Crippen molar-refractivity contribution in [3.05, 3.63) is 53.1 Å². The number of hydrogen-bond donors (Lipinski definition) is 4. The third-order valence-corrected chi connectivity index (χ3v) is 5.78. The van der Waals surface area contributed by atoms with Crippen molar-refractivity contribution < 1.29 is 22.8 Å². The molecule has 0 spiro atoms. The fraction of sp³-hybridized carbons (Fsp3) is 0.364. The topological polar surface area (TPSA) is 82.3 Å². The fourth-order valence-electron chi connectivity index (χ4n) is 3.91. The van der Waals surface area contributed by atoms with Crippen molar-refractivity contribution in [2.24, 2.45) is 0 Å². The Morgan fingerprint density at radius 2 is 1.94 bits per heavy atom. The molecule has 2 heterocycles. The van der Waals surface area contributed by atoms with Crippen molar-refractivity contribution in [3.8, 4) is 0 Å². The van der Waals surface area contributed by atoms with E-state index in [1.165, 1.54) is 6.07 Å². The van der Waals surface area contributed by atoms with Crippen molar-refractivity contribution in [1.29, 1.82) is 0 Å². The third kappa shape index (κ3) is 4.10. The van der Waals surface area contributed by atoms with E-state index >= 15 is 0 Å². The van der Waals surface area contributed by atoms with E-state index in [0.29, 0.717) is 17.9 Å². The number of anilines is 3. The van der Waals surface area contributed by atoms with Gasteiger partial charge in [-0.25, -0.2) is 0 Å². The Kier molecular flexibility index (Phi) is 5.17. The molecule has 2 aliphatic heterocycles. The molecule has 4 rings (SSSR count). The van der Waals surface area contributed by atoms with Crippen LogP contribution in [0.2, 0.25) is 0 Å². The zero-order valence-electron chi connectivity index (χ0n) is 17.1. The number of alkyl halides is 3. The van der Waals surface area contributed by atoms with Gasteiger partial charge >= 0.3 is 6.18 Å². The van der Waals surface area contributed by atoms with Crippen molar-refractivity contribution in [3.63, 3.8) is 0 Å². The maximum Gasteiger partial charge on any atom is 0.416 e. The summed E-state index contributed by atoms with van der Waals surface area (Å²) in [6, 6.07) is 8.08. The molecular formula is C22H23F3N4O2. The minimum atomic E-state index is -4.51. The van der Waals surface area contributed by atoms with Crippen LogP contribution in [0.15, 0.2) is 36.4 Å². The molecule has 0 saturated carbocycles. The Morgan fingerprint density at radius 3 is 2.61 bits per heavy atom. The van der Waals surface area contributed by atoms with E-state index in [1.54, 1.807) is 18.2 Å². The van der Waals surface area contributed by atoms with Crippen LogP contribution in [0.3, 0.4) is 0 Å². The molecule has 1 fully saturated rings. The highest BCUT2D eigenvalue weighted by Crippen LogP contribution is 2.39. The molecule has 2 aliphatic rings. The first-order chi connectivity index (χ1) is 14.6.